The molecule has 1 saturated heterocycles. The van der Waals surface area contributed by atoms with Gasteiger partial charge in [-0.1, -0.05) is 12.1 Å². The van der Waals surface area contributed by atoms with Gasteiger partial charge in [0.05, 0.1) is 12.2 Å². The van der Waals surface area contributed by atoms with Crippen molar-refractivity contribution in [1.82, 2.24) is 4.90 Å². The molecular formula is C21H26ClFN2O3. The van der Waals surface area contributed by atoms with Gasteiger partial charge >= 0.3 is 0 Å². The van der Waals surface area contributed by atoms with E-state index in [1.54, 1.807) is 12.0 Å². The first-order chi connectivity index (χ1) is 13.1. The molecule has 1 aliphatic rings. The number of hydrogen-bond donors (Lipinski definition) is 1. The largest absolute Gasteiger partial charge is 0.457 e. The minimum atomic E-state index is -0.541. The van der Waals surface area contributed by atoms with Gasteiger partial charge in [0.15, 0.2) is 0 Å². The fourth-order valence-electron chi connectivity index (χ4n) is 3.32. The molecule has 2 aromatic rings. The second-order valence-electron chi connectivity index (χ2n) is 6.79. The van der Waals surface area contributed by atoms with E-state index in [1.165, 1.54) is 18.2 Å². The number of ether oxygens (including phenoxy) is 2. The van der Waals surface area contributed by atoms with Crippen LogP contribution in [0.3, 0.4) is 0 Å². The molecule has 0 radical (unpaired) electrons. The van der Waals surface area contributed by atoms with Gasteiger partial charge in [0.25, 0.3) is 5.91 Å². The first kappa shape index (κ1) is 22.1. The first-order valence-electron chi connectivity index (χ1n) is 9.15. The summed E-state index contributed by atoms with van der Waals surface area (Å²) in [6.07, 6.45) is 1.67. The Kier molecular flexibility index (Phi) is 8.23. The smallest absolute Gasteiger partial charge is 0.256 e. The van der Waals surface area contributed by atoms with E-state index in [9.17, 15) is 9.18 Å². The van der Waals surface area contributed by atoms with E-state index in [4.69, 9.17) is 15.2 Å². The zero-order chi connectivity index (χ0) is 19.2. The average molecular weight is 409 g/mol. The van der Waals surface area contributed by atoms with Crippen LogP contribution < -0.4 is 10.5 Å². The summed E-state index contributed by atoms with van der Waals surface area (Å²) in [6, 6.07) is 11.8. The minimum absolute atomic E-state index is 0. The number of hydrogen-bond acceptors (Lipinski definition) is 4. The van der Waals surface area contributed by atoms with Crippen molar-refractivity contribution in [2.45, 2.75) is 12.8 Å². The zero-order valence-corrected chi connectivity index (χ0v) is 16.7. The number of likely N-dealkylation sites (tertiary alicyclic amines) is 1. The van der Waals surface area contributed by atoms with Gasteiger partial charge in [-0.15, -0.1) is 12.4 Å². The average Bonchev–Trinajstić information content (AvgIpc) is 3.13. The molecule has 1 amide bonds. The second-order valence-corrected chi connectivity index (χ2v) is 6.79. The summed E-state index contributed by atoms with van der Waals surface area (Å²) >= 11 is 0. The highest BCUT2D eigenvalue weighted by molar-refractivity contribution is 5.95. The van der Waals surface area contributed by atoms with E-state index in [2.05, 4.69) is 0 Å². The summed E-state index contributed by atoms with van der Waals surface area (Å²) < 4.78 is 25.2. The Balaban J connectivity index is 0.00000280. The van der Waals surface area contributed by atoms with E-state index >= 15 is 0 Å². The van der Waals surface area contributed by atoms with Gasteiger partial charge in [0.2, 0.25) is 0 Å². The Hall–Kier alpha value is -2.15. The van der Waals surface area contributed by atoms with E-state index in [1.807, 2.05) is 24.3 Å². The van der Waals surface area contributed by atoms with E-state index in [0.29, 0.717) is 43.7 Å². The van der Waals surface area contributed by atoms with Gasteiger partial charge in [-0.2, -0.15) is 0 Å². The predicted molar refractivity (Wildman–Crippen MR) is 109 cm³/mol. The molecule has 3 rings (SSSR count). The lowest BCUT2D eigenvalue weighted by Crippen LogP contribution is -2.30. The Morgan fingerprint density at radius 2 is 1.93 bits per heavy atom. The highest BCUT2D eigenvalue weighted by Gasteiger charge is 2.28. The second kappa shape index (κ2) is 10.4. The number of carbonyl (C=O) groups excluding carboxylic acids is 1. The van der Waals surface area contributed by atoms with Gasteiger partial charge in [-0.25, -0.2) is 4.39 Å². The summed E-state index contributed by atoms with van der Waals surface area (Å²) in [5.74, 6) is 0.505. The number of nitrogens with two attached hydrogens (primary N) is 1. The van der Waals surface area contributed by atoms with Gasteiger partial charge < -0.3 is 20.1 Å². The van der Waals surface area contributed by atoms with Crippen molar-refractivity contribution in [2.75, 3.05) is 33.4 Å². The SMILES string of the molecule is COCC1CCN(C(=O)c2cc(Oc3ccc(CCN)cc3)ccc2F)C1.Cl. The van der Waals surface area contributed by atoms with Crippen LogP contribution in [0.15, 0.2) is 42.5 Å². The molecule has 2 N–H and O–H groups in total. The normalized spacial score (nSPS) is 16.0. The van der Waals surface area contributed by atoms with Crippen LogP contribution in [0.2, 0.25) is 0 Å². The third-order valence-corrected chi connectivity index (χ3v) is 4.74. The standard InChI is InChI=1S/C21H25FN2O3.ClH/c1-26-14-16-9-11-24(13-16)21(25)19-12-18(6-7-20(19)22)27-17-4-2-15(3-5-17)8-10-23;/h2-7,12,16H,8-11,13-14,23H2,1H3;1H. The molecule has 0 aromatic heterocycles. The van der Waals surface area contributed by atoms with Crippen LogP contribution in [-0.2, 0) is 11.2 Å². The monoisotopic (exact) mass is 408 g/mol. The van der Waals surface area contributed by atoms with Crippen molar-refractivity contribution < 1.29 is 18.7 Å². The van der Waals surface area contributed by atoms with Crippen LogP contribution in [0.1, 0.15) is 22.3 Å². The number of rotatable bonds is 7. The molecule has 5 nitrogen and oxygen atoms in total. The Morgan fingerprint density at radius 1 is 1.21 bits per heavy atom. The number of amides is 1. The molecule has 2 aromatic carbocycles. The van der Waals surface area contributed by atoms with Gasteiger partial charge in [-0.3, -0.25) is 4.79 Å². The van der Waals surface area contributed by atoms with Crippen molar-refractivity contribution in [3.63, 3.8) is 0 Å². The lowest BCUT2D eigenvalue weighted by Gasteiger charge is -2.17. The van der Waals surface area contributed by atoms with Crippen LogP contribution in [-0.4, -0.2) is 44.2 Å². The van der Waals surface area contributed by atoms with Crippen molar-refractivity contribution in [2.24, 2.45) is 11.7 Å². The van der Waals surface area contributed by atoms with Crippen LogP contribution in [0.25, 0.3) is 0 Å². The third kappa shape index (κ3) is 5.44. The summed E-state index contributed by atoms with van der Waals surface area (Å²) in [4.78, 5) is 14.4. The van der Waals surface area contributed by atoms with E-state index in [-0.39, 0.29) is 23.9 Å². The number of benzene rings is 2. The maximum absolute atomic E-state index is 14.3. The van der Waals surface area contributed by atoms with Gasteiger partial charge in [-0.05, 0) is 55.3 Å². The topological polar surface area (TPSA) is 64.8 Å². The minimum Gasteiger partial charge on any atom is -0.457 e. The maximum atomic E-state index is 14.3. The highest BCUT2D eigenvalue weighted by atomic mass is 35.5. The van der Waals surface area contributed by atoms with Crippen molar-refractivity contribution >= 4 is 18.3 Å². The molecule has 1 unspecified atom stereocenters. The summed E-state index contributed by atoms with van der Waals surface area (Å²) in [5, 5.41) is 0. The summed E-state index contributed by atoms with van der Waals surface area (Å²) in [7, 11) is 1.65. The maximum Gasteiger partial charge on any atom is 0.256 e. The Bertz CT molecular complexity index is 786. The summed E-state index contributed by atoms with van der Waals surface area (Å²) in [6.45, 7) is 2.39. The molecule has 0 saturated carbocycles. The van der Waals surface area contributed by atoms with Crippen molar-refractivity contribution in [3.8, 4) is 11.5 Å². The molecule has 1 atom stereocenters. The molecule has 1 heterocycles. The van der Waals surface area contributed by atoms with Crippen LogP contribution in [0.4, 0.5) is 4.39 Å². The highest BCUT2D eigenvalue weighted by Crippen LogP contribution is 2.26. The molecule has 1 fully saturated rings. The van der Waals surface area contributed by atoms with Crippen molar-refractivity contribution in [3.05, 3.63) is 59.4 Å². The molecule has 7 heteroatoms. The molecule has 28 heavy (non-hydrogen) atoms. The quantitative estimate of drug-likeness (QED) is 0.759. The lowest BCUT2D eigenvalue weighted by molar-refractivity contribution is 0.0770. The third-order valence-electron chi connectivity index (χ3n) is 4.74. The molecule has 0 bridgehead atoms. The predicted octanol–water partition coefficient (Wildman–Crippen LogP) is 3.65. The molecule has 0 aliphatic carbocycles. The number of nitrogens with zero attached hydrogens (tertiary/aromatic N) is 1. The van der Waals surface area contributed by atoms with Gasteiger partial charge in [0.1, 0.15) is 17.3 Å². The molecule has 152 valence electrons. The molecule has 1 aliphatic heterocycles. The van der Waals surface area contributed by atoms with Crippen LogP contribution in [0.5, 0.6) is 11.5 Å². The number of carbonyl (C=O) groups is 1. The van der Waals surface area contributed by atoms with E-state index in [0.717, 1.165) is 18.4 Å². The molecular weight excluding hydrogens is 383 g/mol. The number of halogens is 2. The van der Waals surface area contributed by atoms with E-state index < -0.39 is 5.82 Å². The number of methoxy groups -OCH3 is 1. The first-order valence-corrected chi connectivity index (χ1v) is 9.15. The fraction of sp³-hybridized carbons (Fsp3) is 0.381. The summed E-state index contributed by atoms with van der Waals surface area (Å²) in [5.41, 5.74) is 6.71. The Labute approximate surface area is 171 Å². The Morgan fingerprint density at radius 3 is 2.61 bits per heavy atom. The zero-order valence-electron chi connectivity index (χ0n) is 15.9. The van der Waals surface area contributed by atoms with Crippen LogP contribution in [0, 0.1) is 11.7 Å². The lowest BCUT2D eigenvalue weighted by atomic mass is 10.1. The van der Waals surface area contributed by atoms with Gasteiger partial charge in [0, 0.05) is 26.1 Å². The van der Waals surface area contributed by atoms with Crippen LogP contribution >= 0.6 is 12.4 Å². The fourth-order valence-corrected chi connectivity index (χ4v) is 3.32. The molecule has 0 spiro atoms. The van der Waals surface area contributed by atoms with Crippen molar-refractivity contribution in [1.29, 1.82) is 0 Å².